The van der Waals surface area contributed by atoms with Crippen molar-refractivity contribution in [2.24, 2.45) is 4.99 Å². The number of carboxylic acids is 2. The van der Waals surface area contributed by atoms with Crippen LogP contribution in [0.1, 0.15) is 11.1 Å². The van der Waals surface area contributed by atoms with Gasteiger partial charge < -0.3 is 15.3 Å². The molecule has 0 fully saturated rings. The largest absolute Gasteiger partial charge is 1.00 e. The molecule has 0 atom stereocenters. The Morgan fingerprint density at radius 2 is 1.59 bits per heavy atom. The fraction of sp³-hybridized carbons (Fsp3) is 0.222. The van der Waals surface area contributed by atoms with Gasteiger partial charge in [0.2, 0.25) is 5.78 Å². The van der Waals surface area contributed by atoms with E-state index in [0.29, 0.717) is 31.5 Å². The SMILES string of the molecule is Cc1cc(N=C2C=C(Br)C(=O)C(Br)=C2)cc(CN(CC(=O)O)CC(=O)O)c1O.[Na+]. The van der Waals surface area contributed by atoms with Gasteiger partial charge in [-0.25, -0.2) is 4.99 Å². The van der Waals surface area contributed by atoms with Gasteiger partial charge in [0.1, 0.15) is 5.75 Å². The number of halogens is 2. The van der Waals surface area contributed by atoms with Crippen LogP contribution in [0, 0.1) is 6.92 Å². The van der Waals surface area contributed by atoms with Gasteiger partial charge in [-0.15, -0.1) is 0 Å². The van der Waals surface area contributed by atoms with Crippen LogP contribution in [0.15, 0.2) is 38.2 Å². The molecule has 0 bridgehead atoms. The van der Waals surface area contributed by atoms with E-state index < -0.39 is 25.0 Å². The number of aliphatic imine (C=N–C) groups is 1. The number of aryl methyl sites for hydroxylation is 1. The third-order valence-electron chi connectivity index (χ3n) is 3.72. The summed E-state index contributed by atoms with van der Waals surface area (Å²) in [6.07, 6.45) is 3.10. The van der Waals surface area contributed by atoms with Crippen molar-refractivity contribution in [1.29, 1.82) is 0 Å². The first-order valence-electron chi connectivity index (χ1n) is 7.93. The van der Waals surface area contributed by atoms with Crippen molar-refractivity contribution in [2.75, 3.05) is 13.1 Å². The summed E-state index contributed by atoms with van der Waals surface area (Å²) in [4.78, 5) is 39.3. The van der Waals surface area contributed by atoms with Crippen LogP contribution in [0.25, 0.3) is 0 Å². The van der Waals surface area contributed by atoms with E-state index >= 15 is 0 Å². The number of phenolic OH excluding ortho intramolecular Hbond substituents is 1. The molecule has 0 amide bonds. The van der Waals surface area contributed by atoms with Crippen LogP contribution < -0.4 is 29.6 Å². The van der Waals surface area contributed by atoms with Crippen molar-refractivity contribution in [3.05, 3.63) is 44.4 Å². The van der Waals surface area contributed by atoms with Crippen molar-refractivity contribution in [2.45, 2.75) is 13.5 Å². The van der Waals surface area contributed by atoms with Gasteiger partial charge in [0.05, 0.1) is 33.5 Å². The maximum atomic E-state index is 11.8. The van der Waals surface area contributed by atoms with Crippen molar-refractivity contribution in [3.63, 3.8) is 0 Å². The molecule has 8 nitrogen and oxygen atoms in total. The van der Waals surface area contributed by atoms with Crippen molar-refractivity contribution < 1.29 is 59.3 Å². The number of hydrogen-bond acceptors (Lipinski definition) is 6. The molecule has 0 aliphatic heterocycles. The van der Waals surface area contributed by atoms with E-state index in [1.165, 1.54) is 4.90 Å². The number of rotatable bonds is 7. The van der Waals surface area contributed by atoms with E-state index in [0.717, 1.165) is 0 Å². The minimum Gasteiger partial charge on any atom is -0.507 e. The number of benzene rings is 1. The quantitative estimate of drug-likeness (QED) is 0.326. The zero-order valence-electron chi connectivity index (χ0n) is 15.6. The van der Waals surface area contributed by atoms with E-state index in [1.807, 2.05) is 0 Å². The number of hydrogen-bond donors (Lipinski definition) is 3. The molecule has 1 aliphatic rings. The van der Waals surface area contributed by atoms with Crippen LogP contribution in [-0.2, 0) is 20.9 Å². The zero-order chi connectivity index (χ0) is 21.0. The van der Waals surface area contributed by atoms with Crippen LogP contribution in [0.5, 0.6) is 5.75 Å². The molecule has 0 saturated carbocycles. The number of Topliss-reactive ketones (excluding diaryl/α,β-unsaturated/α-hetero) is 1. The Morgan fingerprint density at radius 1 is 1.07 bits per heavy atom. The molecule has 0 heterocycles. The minimum absolute atomic E-state index is 0. The number of carboxylic acid groups (broad SMARTS) is 2. The van der Waals surface area contributed by atoms with Gasteiger partial charge in [0.15, 0.2) is 0 Å². The smallest absolute Gasteiger partial charge is 0.507 e. The van der Waals surface area contributed by atoms with Crippen molar-refractivity contribution >= 4 is 61.0 Å². The Labute approximate surface area is 205 Å². The third kappa shape index (κ3) is 7.47. The summed E-state index contributed by atoms with van der Waals surface area (Å²) in [6, 6.07) is 3.18. The fourth-order valence-electron chi connectivity index (χ4n) is 2.57. The van der Waals surface area contributed by atoms with Crippen LogP contribution in [-0.4, -0.2) is 56.7 Å². The summed E-state index contributed by atoms with van der Waals surface area (Å²) in [7, 11) is 0. The van der Waals surface area contributed by atoms with E-state index in [9.17, 15) is 19.5 Å². The molecule has 148 valence electrons. The Hall–Kier alpha value is -1.30. The first-order chi connectivity index (χ1) is 13.1. The maximum Gasteiger partial charge on any atom is 1.00 e. The molecule has 1 aromatic rings. The molecular weight excluding hydrogens is 523 g/mol. The van der Waals surface area contributed by atoms with Crippen LogP contribution >= 0.6 is 31.9 Å². The van der Waals surface area contributed by atoms with Crippen LogP contribution in [0.2, 0.25) is 0 Å². The summed E-state index contributed by atoms with van der Waals surface area (Å²) >= 11 is 6.34. The number of allylic oxidation sites excluding steroid dienone is 4. The molecule has 0 radical (unpaired) electrons. The molecule has 0 aromatic heterocycles. The van der Waals surface area contributed by atoms with Gasteiger partial charge in [-0.2, -0.15) is 0 Å². The molecular formula is C18H16Br2N2NaO6+. The van der Waals surface area contributed by atoms with E-state index in [-0.39, 0.29) is 47.6 Å². The van der Waals surface area contributed by atoms with Gasteiger partial charge in [0.25, 0.3) is 0 Å². The molecule has 0 spiro atoms. The second-order valence-electron chi connectivity index (χ2n) is 6.05. The number of aromatic hydroxyl groups is 1. The Morgan fingerprint density at radius 3 is 2.07 bits per heavy atom. The molecule has 0 unspecified atom stereocenters. The second kappa shape index (κ2) is 11.2. The maximum absolute atomic E-state index is 11.8. The monoisotopic (exact) mass is 537 g/mol. The van der Waals surface area contributed by atoms with Crippen molar-refractivity contribution in [3.8, 4) is 5.75 Å². The van der Waals surface area contributed by atoms with Gasteiger partial charge in [-0.05, 0) is 68.6 Å². The zero-order valence-corrected chi connectivity index (χ0v) is 20.8. The topological polar surface area (TPSA) is 128 Å². The summed E-state index contributed by atoms with van der Waals surface area (Å²) in [5.74, 6) is -2.62. The number of phenols is 1. The van der Waals surface area contributed by atoms with Crippen LogP contribution in [0.4, 0.5) is 5.69 Å². The normalized spacial score (nSPS) is 13.5. The summed E-state index contributed by atoms with van der Waals surface area (Å²) < 4.78 is 0.677. The van der Waals surface area contributed by atoms with E-state index in [4.69, 9.17) is 10.2 Å². The standard InChI is InChI=1S/C18H16Br2N2O6.Na/c1-9-2-11(21-12-4-13(19)18(28)14(20)5-12)3-10(17(9)27)6-22(7-15(23)24)8-16(25)26;/h2-5,27H,6-8H2,1H3,(H,23,24)(H,25,26);/q;+1. The summed E-state index contributed by atoms with van der Waals surface area (Å²) in [5, 5.41) is 28.3. The van der Waals surface area contributed by atoms with E-state index in [1.54, 1.807) is 31.2 Å². The Balaban J connectivity index is 0.00000420. The first-order valence-corrected chi connectivity index (χ1v) is 9.51. The van der Waals surface area contributed by atoms with Gasteiger partial charge in [-0.3, -0.25) is 19.3 Å². The van der Waals surface area contributed by atoms with Gasteiger partial charge in [-0.1, -0.05) is 0 Å². The summed E-state index contributed by atoms with van der Waals surface area (Å²) in [5.41, 5.74) is 1.80. The number of carbonyl (C=O) groups excluding carboxylic acids is 1. The molecule has 29 heavy (non-hydrogen) atoms. The summed E-state index contributed by atoms with van der Waals surface area (Å²) in [6.45, 7) is 0.596. The molecule has 0 saturated heterocycles. The third-order valence-corrected chi connectivity index (χ3v) is 4.90. The molecule has 2 rings (SSSR count). The van der Waals surface area contributed by atoms with Gasteiger partial charge >= 0.3 is 41.5 Å². The van der Waals surface area contributed by atoms with Crippen molar-refractivity contribution in [1.82, 2.24) is 4.90 Å². The second-order valence-corrected chi connectivity index (χ2v) is 7.76. The first kappa shape index (κ1) is 25.7. The van der Waals surface area contributed by atoms with E-state index in [2.05, 4.69) is 36.9 Å². The van der Waals surface area contributed by atoms with Gasteiger partial charge in [0, 0.05) is 12.1 Å². The molecule has 11 heteroatoms. The predicted octanol–water partition coefficient (Wildman–Crippen LogP) is -0.111. The number of ketones is 1. The van der Waals surface area contributed by atoms with Crippen LogP contribution in [0.3, 0.4) is 0 Å². The minimum atomic E-state index is -1.18. The fourth-order valence-corrected chi connectivity index (χ4v) is 3.73. The molecule has 1 aromatic carbocycles. The molecule has 3 N–H and O–H groups in total. The Bertz CT molecular complexity index is 903. The molecule has 1 aliphatic carbocycles. The predicted molar refractivity (Wildman–Crippen MR) is 110 cm³/mol. The Kier molecular flexibility index (Phi) is 9.93. The number of carbonyl (C=O) groups is 3. The average molecular weight is 539 g/mol. The number of nitrogens with zero attached hydrogens (tertiary/aromatic N) is 2. The number of aliphatic carboxylic acids is 2. The average Bonchev–Trinajstić information content (AvgIpc) is 2.55.